The summed E-state index contributed by atoms with van der Waals surface area (Å²) in [7, 11) is 4.47. The smallest absolute Gasteiger partial charge is 0.0375 e. The minimum absolute atomic E-state index is 0.261. The fourth-order valence-corrected chi connectivity index (χ4v) is 7.06. The average molecular weight is 550 g/mol. The van der Waals surface area contributed by atoms with Gasteiger partial charge in [0.15, 0.2) is 0 Å². The topological polar surface area (TPSA) is 18.5 Å². The number of nitrogens with one attached hydrogen (secondary N) is 1. The predicted molar refractivity (Wildman–Crippen MR) is 175 cm³/mol. The summed E-state index contributed by atoms with van der Waals surface area (Å²) in [5.74, 6) is 1.19. The Kier molecular flexibility index (Phi) is 10.0. The van der Waals surface area contributed by atoms with Crippen LogP contribution in [0.5, 0.6) is 0 Å². The minimum Gasteiger partial charge on any atom is -0.383 e. The molecule has 5 rings (SSSR count). The van der Waals surface area contributed by atoms with Gasteiger partial charge in [0.05, 0.1) is 0 Å². The average Bonchev–Trinajstić information content (AvgIpc) is 3.01. The highest BCUT2D eigenvalue weighted by molar-refractivity contribution is 5.61. The second-order valence-corrected chi connectivity index (χ2v) is 13.0. The summed E-state index contributed by atoms with van der Waals surface area (Å²) < 4.78 is 0. The van der Waals surface area contributed by atoms with Crippen LogP contribution in [-0.4, -0.2) is 55.6 Å². The number of hydrogen-bond donors (Lipinski definition) is 1. The van der Waals surface area contributed by atoms with E-state index >= 15 is 0 Å². The normalized spacial score (nSPS) is 18.7. The van der Waals surface area contributed by atoms with Crippen molar-refractivity contribution in [2.24, 2.45) is 5.92 Å². The highest BCUT2D eigenvalue weighted by Gasteiger charge is 2.34. The molecule has 2 aliphatic rings. The van der Waals surface area contributed by atoms with Crippen molar-refractivity contribution < 1.29 is 0 Å². The Balaban J connectivity index is 1.12. The van der Waals surface area contributed by atoms with Gasteiger partial charge >= 0.3 is 0 Å². The fraction of sp³-hybridized carbons (Fsp3) is 0.474. The molecule has 1 heterocycles. The molecule has 1 saturated carbocycles. The Labute approximate surface area is 249 Å². The van der Waals surface area contributed by atoms with E-state index in [1.807, 2.05) is 0 Å². The van der Waals surface area contributed by atoms with Crippen LogP contribution in [0.1, 0.15) is 78.7 Å². The lowest BCUT2D eigenvalue weighted by Gasteiger charge is -2.43. The zero-order valence-corrected chi connectivity index (χ0v) is 25.7. The molecule has 41 heavy (non-hydrogen) atoms. The van der Waals surface area contributed by atoms with Crippen LogP contribution in [0.2, 0.25) is 0 Å². The van der Waals surface area contributed by atoms with Gasteiger partial charge in [-0.2, -0.15) is 0 Å². The molecule has 1 atom stereocenters. The summed E-state index contributed by atoms with van der Waals surface area (Å²) in [6, 6.07) is 29.4. The molecule has 3 heteroatoms. The van der Waals surface area contributed by atoms with Gasteiger partial charge in [0.25, 0.3) is 0 Å². The quantitative estimate of drug-likeness (QED) is 0.262. The number of hydrogen-bond acceptors (Lipinski definition) is 3. The van der Waals surface area contributed by atoms with E-state index in [9.17, 15) is 0 Å². The number of benzene rings is 3. The first-order chi connectivity index (χ1) is 19.9. The summed E-state index contributed by atoms with van der Waals surface area (Å²) in [5, 5.41) is 3.70. The molecule has 2 fully saturated rings. The molecule has 1 saturated heterocycles. The molecule has 218 valence electrons. The Morgan fingerprint density at radius 3 is 2.15 bits per heavy atom. The molecule has 3 nitrogen and oxygen atoms in total. The van der Waals surface area contributed by atoms with Gasteiger partial charge in [0.2, 0.25) is 0 Å². The maximum absolute atomic E-state index is 4.39. The standard InChI is InChI=1S/C38H51N3/c1-30-13-17-36(18-14-30)37(35-11-7-5-8-12-35)28-41-25-21-33(22-26-41)27-32-15-19-34(20-16-32)31(2)39-29-38(40(3)4)23-9-6-10-24-38/h5,7-8,11-20,33,37,39H,2,6,9-10,21-29H2,1,3-4H3. The number of rotatable bonds is 11. The third-order valence-corrected chi connectivity index (χ3v) is 10.0. The van der Waals surface area contributed by atoms with Gasteiger partial charge in [-0.1, -0.05) is 110 Å². The molecule has 0 spiro atoms. The van der Waals surface area contributed by atoms with Crippen LogP contribution in [-0.2, 0) is 6.42 Å². The highest BCUT2D eigenvalue weighted by atomic mass is 15.2. The van der Waals surface area contributed by atoms with Gasteiger partial charge in [0, 0.05) is 30.2 Å². The predicted octanol–water partition coefficient (Wildman–Crippen LogP) is 7.91. The summed E-state index contributed by atoms with van der Waals surface area (Å²) in [5.41, 5.74) is 8.17. The zero-order chi connectivity index (χ0) is 28.7. The molecular weight excluding hydrogens is 498 g/mol. The highest BCUT2D eigenvalue weighted by Crippen LogP contribution is 2.32. The number of nitrogens with zero attached hydrogens (tertiary/aromatic N) is 2. The van der Waals surface area contributed by atoms with E-state index in [-0.39, 0.29) is 5.54 Å². The van der Waals surface area contributed by atoms with Crippen molar-refractivity contribution in [3.05, 3.63) is 113 Å². The van der Waals surface area contributed by atoms with Crippen molar-refractivity contribution in [1.29, 1.82) is 0 Å². The van der Waals surface area contributed by atoms with E-state index < -0.39 is 0 Å². The lowest BCUT2D eigenvalue weighted by Crippen LogP contribution is -2.52. The Hall–Kier alpha value is -2.88. The second kappa shape index (κ2) is 13.9. The zero-order valence-electron chi connectivity index (χ0n) is 25.7. The lowest BCUT2D eigenvalue weighted by atomic mass is 9.80. The number of piperidine rings is 1. The second-order valence-electron chi connectivity index (χ2n) is 13.0. The number of aryl methyl sites for hydroxylation is 1. The van der Waals surface area contributed by atoms with Gasteiger partial charge in [-0.15, -0.1) is 0 Å². The van der Waals surface area contributed by atoms with Gasteiger partial charge in [-0.25, -0.2) is 0 Å². The summed E-state index contributed by atoms with van der Waals surface area (Å²) in [6.07, 6.45) is 10.3. The fourth-order valence-electron chi connectivity index (χ4n) is 7.06. The van der Waals surface area contributed by atoms with Crippen LogP contribution >= 0.6 is 0 Å². The number of likely N-dealkylation sites (tertiary alicyclic amines) is 1. The first-order valence-corrected chi connectivity index (χ1v) is 16.0. The van der Waals surface area contributed by atoms with Crippen LogP contribution in [0, 0.1) is 12.8 Å². The van der Waals surface area contributed by atoms with Gasteiger partial charge in [0.1, 0.15) is 0 Å². The van der Waals surface area contributed by atoms with Crippen LogP contribution in [0.3, 0.4) is 0 Å². The van der Waals surface area contributed by atoms with Crippen molar-refractivity contribution >= 4 is 5.70 Å². The largest absolute Gasteiger partial charge is 0.383 e. The van der Waals surface area contributed by atoms with Crippen molar-refractivity contribution in [2.75, 3.05) is 40.3 Å². The van der Waals surface area contributed by atoms with E-state index in [0.717, 1.165) is 24.7 Å². The Morgan fingerprint density at radius 1 is 0.878 bits per heavy atom. The molecule has 3 aromatic rings. The summed E-state index contributed by atoms with van der Waals surface area (Å²) in [6.45, 7) is 11.0. The third-order valence-electron chi connectivity index (χ3n) is 10.0. The van der Waals surface area contributed by atoms with Crippen molar-refractivity contribution in [3.63, 3.8) is 0 Å². The lowest BCUT2D eigenvalue weighted by molar-refractivity contribution is 0.103. The summed E-state index contributed by atoms with van der Waals surface area (Å²) >= 11 is 0. The molecule has 0 aromatic heterocycles. The van der Waals surface area contributed by atoms with Crippen LogP contribution in [0.25, 0.3) is 5.70 Å². The molecule has 0 bridgehead atoms. The molecule has 0 radical (unpaired) electrons. The van der Waals surface area contributed by atoms with E-state index in [4.69, 9.17) is 0 Å². The van der Waals surface area contributed by atoms with Crippen molar-refractivity contribution in [3.8, 4) is 0 Å². The molecule has 1 aliphatic carbocycles. The monoisotopic (exact) mass is 549 g/mol. The maximum atomic E-state index is 4.39. The third kappa shape index (κ3) is 7.70. The van der Waals surface area contributed by atoms with Crippen LogP contribution in [0.15, 0.2) is 85.4 Å². The molecule has 1 aliphatic heterocycles. The molecule has 3 aromatic carbocycles. The Morgan fingerprint density at radius 2 is 1.51 bits per heavy atom. The van der Waals surface area contributed by atoms with Gasteiger partial charge < -0.3 is 15.1 Å². The molecule has 1 unspecified atom stereocenters. The van der Waals surface area contributed by atoms with Crippen LogP contribution in [0.4, 0.5) is 0 Å². The van der Waals surface area contributed by atoms with E-state index in [1.54, 1.807) is 0 Å². The first kappa shape index (κ1) is 29.6. The van der Waals surface area contributed by atoms with Crippen LogP contribution < -0.4 is 5.32 Å². The first-order valence-electron chi connectivity index (χ1n) is 16.0. The summed E-state index contributed by atoms with van der Waals surface area (Å²) in [4.78, 5) is 5.13. The van der Waals surface area contributed by atoms with Crippen molar-refractivity contribution in [2.45, 2.75) is 69.7 Å². The van der Waals surface area contributed by atoms with Crippen molar-refractivity contribution in [1.82, 2.24) is 15.1 Å². The minimum atomic E-state index is 0.261. The van der Waals surface area contributed by atoms with Gasteiger partial charge in [-0.3, -0.25) is 0 Å². The van der Waals surface area contributed by atoms with E-state index in [2.05, 4.69) is 122 Å². The molecular formula is C38H51N3. The van der Waals surface area contributed by atoms with E-state index in [0.29, 0.717) is 5.92 Å². The molecule has 1 N–H and O–H groups in total. The molecule has 0 amide bonds. The SMILES string of the molecule is C=C(NCC1(N(C)C)CCCCC1)c1ccc(CC2CCN(CC(c3ccccc3)c3ccc(C)cc3)CC2)cc1. The number of likely N-dealkylation sites (N-methyl/N-ethyl adjacent to an activating group) is 1. The maximum Gasteiger partial charge on any atom is 0.0375 e. The van der Waals surface area contributed by atoms with E-state index in [1.165, 1.54) is 92.3 Å². The van der Waals surface area contributed by atoms with Gasteiger partial charge in [-0.05, 0) is 94.4 Å². The Bertz CT molecular complexity index is 1210.